The number of nitrogens with one attached hydrogen (secondary N) is 3. The third-order valence-corrected chi connectivity index (χ3v) is 10.3. The van der Waals surface area contributed by atoms with Gasteiger partial charge in [0.2, 0.25) is 17.7 Å². The number of hydrogen-bond acceptors (Lipinski definition) is 7. The van der Waals surface area contributed by atoms with Crippen molar-refractivity contribution in [2.45, 2.75) is 118 Å². The predicted octanol–water partition coefficient (Wildman–Crippen LogP) is 4.09. The smallest absolute Gasteiger partial charge is 0.243 e. The van der Waals surface area contributed by atoms with E-state index in [1.54, 1.807) is 7.11 Å². The molecular weight excluding hydrogens is 634 g/mol. The van der Waals surface area contributed by atoms with E-state index in [-0.39, 0.29) is 54.5 Å². The van der Waals surface area contributed by atoms with Crippen LogP contribution in [0.1, 0.15) is 84.8 Å². The lowest BCUT2D eigenvalue weighted by molar-refractivity contribution is -0.131. The maximum absolute atomic E-state index is 13.8. The number of aliphatic hydroxyl groups is 1. The van der Waals surface area contributed by atoms with Gasteiger partial charge in [-0.25, -0.2) is 0 Å². The molecule has 3 rings (SSSR count). The van der Waals surface area contributed by atoms with Crippen LogP contribution in [-0.4, -0.2) is 85.1 Å². The molecule has 11 nitrogen and oxygen atoms in total. The summed E-state index contributed by atoms with van der Waals surface area (Å²) >= 11 is 0. The van der Waals surface area contributed by atoms with Crippen LogP contribution in [0.25, 0.3) is 10.9 Å². The Kier molecular flexibility index (Phi) is 16.7. The summed E-state index contributed by atoms with van der Waals surface area (Å²) in [5.74, 6) is -1.19. The quantitative estimate of drug-likeness (QED) is 0.130. The van der Waals surface area contributed by atoms with Crippen molar-refractivity contribution in [2.24, 2.45) is 35.3 Å². The number of carbonyl (C=O) groups excluding carboxylic acids is 3. The first-order valence-corrected chi connectivity index (χ1v) is 18.7. The van der Waals surface area contributed by atoms with E-state index in [0.717, 1.165) is 32.2 Å². The Hall–Kier alpha value is -2.99. The number of hydrogen-bond donors (Lipinski definition) is 5. The second-order valence-electron chi connectivity index (χ2n) is 15.3. The number of aliphatic hydroxyl groups excluding tert-OH is 1. The van der Waals surface area contributed by atoms with Crippen LogP contribution in [0.4, 0.5) is 0 Å². The van der Waals surface area contributed by atoms with E-state index < -0.39 is 30.0 Å². The molecule has 11 heteroatoms. The van der Waals surface area contributed by atoms with Crippen molar-refractivity contribution in [1.29, 1.82) is 0 Å². The van der Waals surface area contributed by atoms with E-state index >= 15 is 0 Å². The molecule has 1 aromatic carbocycles. The highest BCUT2D eigenvalue weighted by atomic mass is 16.5. The van der Waals surface area contributed by atoms with Crippen LogP contribution in [0.3, 0.4) is 0 Å². The number of ether oxygens (including phenoxy) is 2. The minimum atomic E-state index is -0.991. The van der Waals surface area contributed by atoms with Crippen molar-refractivity contribution in [3.8, 4) is 0 Å². The molecule has 1 fully saturated rings. The van der Waals surface area contributed by atoms with Crippen molar-refractivity contribution >= 4 is 28.6 Å². The minimum Gasteiger partial charge on any atom is -0.391 e. The Morgan fingerprint density at radius 2 is 1.70 bits per heavy atom. The SMILES string of the molecule is COCCCn1cc(C)c2ccc(C[C@@H](C[C@H](NC(=O)[C@@H](NC(=O)CN)C(C)C)[C@@H](O)C[C@H](C(=O)NC3CCOCC3)C(C)C)C(C)C)cc21. The van der Waals surface area contributed by atoms with E-state index in [2.05, 4.69) is 65.7 Å². The lowest BCUT2D eigenvalue weighted by Crippen LogP contribution is -2.56. The fraction of sp³-hybridized carbons (Fsp3) is 0.718. The molecular formula is C39H65N5O6. The summed E-state index contributed by atoms with van der Waals surface area (Å²) in [6, 6.07) is 5.23. The molecule has 0 saturated carbocycles. The molecule has 0 bridgehead atoms. The topological polar surface area (TPSA) is 157 Å². The molecule has 0 spiro atoms. The monoisotopic (exact) mass is 699 g/mol. The van der Waals surface area contributed by atoms with Gasteiger partial charge >= 0.3 is 0 Å². The maximum Gasteiger partial charge on any atom is 0.243 e. The minimum absolute atomic E-state index is 0.0238. The molecule has 0 aliphatic carbocycles. The Labute approximate surface area is 299 Å². The van der Waals surface area contributed by atoms with Gasteiger partial charge in [-0.3, -0.25) is 14.4 Å². The van der Waals surface area contributed by atoms with E-state index in [0.29, 0.717) is 26.2 Å². The van der Waals surface area contributed by atoms with Crippen LogP contribution in [0.5, 0.6) is 0 Å². The first kappa shape index (κ1) is 41.4. The highest BCUT2D eigenvalue weighted by Gasteiger charge is 2.35. The van der Waals surface area contributed by atoms with Crippen LogP contribution in [0.2, 0.25) is 0 Å². The van der Waals surface area contributed by atoms with Gasteiger partial charge in [-0.1, -0.05) is 53.7 Å². The van der Waals surface area contributed by atoms with Crippen molar-refractivity contribution in [2.75, 3.05) is 33.5 Å². The number of amides is 3. The first-order chi connectivity index (χ1) is 23.7. The summed E-state index contributed by atoms with van der Waals surface area (Å²) < 4.78 is 13.0. The zero-order valence-electron chi connectivity index (χ0n) is 31.8. The first-order valence-electron chi connectivity index (χ1n) is 18.7. The summed E-state index contributed by atoms with van der Waals surface area (Å²) in [7, 11) is 1.72. The molecule has 50 heavy (non-hydrogen) atoms. The van der Waals surface area contributed by atoms with Gasteiger partial charge in [0.15, 0.2) is 0 Å². The Morgan fingerprint density at radius 3 is 2.30 bits per heavy atom. The van der Waals surface area contributed by atoms with Crippen LogP contribution in [0.15, 0.2) is 24.4 Å². The second kappa shape index (κ2) is 20.2. The summed E-state index contributed by atoms with van der Waals surface area (Å²) in [4.78, 5) is 39.6. The molecule has 1 saturated heterocycles. The van der Waals surface area contributed by atoms with Gasteiger partial charge in [-0.15, -0.1) is 0 Å². The molecule has 1 aliphatic rings. The predicted molar refractivity (Wildman–Crippen MR) is 199 cm³/mol. The molecule has 0 unspecified atom stereocenters. The fourth-order valence-corrected chi connectivity index (χ4v) is 7.04. The third kappa shape index (κ3) is 12.1. The standard InChI is InChI=1S/C39H65N5O6/c1-24(2)29(18-28-10-11-31-27(7)23-44(34(31)19-28)14-9-15-49-8)20-33(42-39(48)37(26(5)6)43-36(46)22-40)35(45)21-32(25(3)4)38(47)41-30-12-16-50-17-13-30/h10-11,19,23-26,29-30,32-33,35,37,45H,9,12-18,20-22,40H2,1-8H3,(H,41,47)(H,42,48)(H,43,46)/t29-,32-,33-,35-,37-/m0/s1. The third-order valence-electron chi connectivity index (χ3n) is 10.3. The molecule has 2 heterocycles. The van der Waals surface area contributed by atoms with E-state index in [9.17, 15) is 19.5 Å². The maximum atomic E-state index is 13.8. The molecule has 1 aliphatic heterocycles. The van der Waals surface area contributed by atoms with Crippen LogP contribution >= 0.6 is 0 Å². The second-order valence-corrected chi connectivity index (χ2v) is 15.3. The number of benzene rings is 1. The average molecular weight is 700 g/mol. The van der Waals surface area contributed by atoms with Gasteiger partial charge in [0.05, 0.1) is 18.7 Å². The van der Waals surface area contributed by atoms with Gasteiger partial charge in [-0.2, -0.15) is 0 Å². The van der Waals surface area contributed by atoms with E-state index in [1.165, 1.54) is 22.0 Å². The van der Waals surface area contributed by atoms with Gasteiger partial charge in [0.25, 0.3) is 0 Å². The number of carbonyl (C=O) groups is 3. The van der Waals surface area contributed by atoms with Crippen LogP contribution in [0, 0.1) is 36.5 Å². The van der Waals surface area contributed by atoms with Crippen molar-refractivity contribution in [3.63, 3.8) is 0 Å². The normalized spacial score (nSPS) is 17.1. The number of aryl methyl sites for hydroxylation is 2. The van der Waals surface area contributed by atoms with E-state index in [1.807, 2.05) is 27.7 Å². The molecule has 5 atom stereocenters. The van der Waals surface area contributed by atoms with Gasteiger partial charge in [-0.05, 0) is 86.3 Å². The van der Waals surface area contributed by atoms with Crippen molar-refractivity contribution < 1.29 is 29.0 Å². The molecule has 1 aromatic heterocycles. The van der Waals surface area contributed by atoms with E-state index in [4.69, 9.17) is 15.2 Å². The molecule has 6 N–H and O–H groups in total. The summed E-state index contributed by atoms with van der Waals surface area (Å²) in [5.41, 5.74) is 9.17. The summed E-state index contributed by atoms with van der Waals surface area (Å²) in [6.45, 7) is 16.8. The Morgan fingerprint density at radius 1 is 1.00 bits per heavy atom. The zero-order chi connectivity index (χ0) is 37.0. The summed E-state index contributed by atoms with van der Waals surface area (Å²) in [5, 5.41) is 22.2. The highest BCUT2D eigenvalue weighted by molar-refractivity contribution is 5.88. The molecule has 2 aromatic rings. The molecule has 282 valence electrons. The zero-order valence-corrected chi connectivity index (χ0v) is 31.8. The van der Waals surface area contributed by atoms with Gasteiger partial charge in [0.1, 0.15) is 6.04 Å². The van der Waals surface area contributed by atoms with Crippen LogP contribution in [-0.2, 0) is 36.8 Å². The van der Waals surface area contributed by atoms with Crippen molar-refractivity contribution in [3.05, 3.63) is 35.5 Å². The highest BCUT2D eigenvalue weighted by Crippen LogP contribution is 2.30. The molecule has 3 amide bonds. The number of rotatable bonds is 20. The van der Waals surface area contributed by atoms with Gasteiger partial charge in [0, 0.05) is 62.5 Å². The number of nitrogens with zero attached hydrogens (tertiary/aromatic N) is 1. The summed E-state index contributed by atoms with van der Waals surface area (Å²) in [6.07, 6.45) is 5.11. The number of aromatic nitrogens is 1. The van der Waals surface area contributed by atoms with Gasteiger partial charge < -0.3 is 40.8 Å². The number of nitrogens with two attached hydrogens (primary N) is 1. The fourth-order valence-electron chi connectivity index (χ4n) is 7.04. The lowest BCUT2D eigenvalue weighted by atomic mass is 9.80. The van der Waals surface area contributed by atoms with Crippen molar-refractivity contribution in [1.82, 2.24) is 20.5 Å². The number of fused-ring (bicyclic) bond motifs is 1. The van der Waals surface area contributed by atoms with Crippen LogP contribution < -0.4 is 21.7 Å². The molecule has 0 radical (unpaired) electrons. The average Bonchev–Trinajstić information content (AvgIpc) is 3.39. The lowest BCUT2D eigenvalue weighted by Gasteiger charge is -2.34. The Balaban J connectivity index is 1.89. The number of methoxy groups -OCH3 is 1. The Bertz CT molecular complexity index is 1370. The largest absolute Gasteiger partial charge is 0.391 e.